The Bertz CT molecular complexity index is 567. The fourth-order valence-electron chi connectivity index (χ4n) is 2.06. The monoisotopic (exact) mass is 290 g/mol. The van der Waals surface area contributed by atoms with Crippen LogP contribution in [0.2, 0.25) is 0 Å². The van der Waals surface area contributed by atoms with Crippen LogP contribution < -0.4 is 5.32 Å². The van der Waals surface area contributed by atoms with E-state index < -0.39 is 5.97 Å². The molecule has 0 atom stereocenters. The van der Waals surface area contributed by atoms with Crippen LogP contribution in [0.15, 0.2) is 24.3 Å². The first kappa shape index (κ1) is 15.0. The highest BCUT2D eigenvalue weighted by atomic mass is 16.4. The molecule has 6 nitrogen and oxygen atoms in total. The molecule has 2 rings (SSSR count). The van der Waals surface area contributed by atoms with Crippen LogP contribution in [-0.2, 0) is 4.79 Å². The van der Waals surface area contributed by atoms with Gasteiger partial charge in [0.2, 0.25) is 0 Å². The summed E-state index contributed by atoms with van der Waals surface area (Å²) in [6.45, 7) is 1.66. The van der Waals surface area contributed by atoms with Crippen LogP contribution in [0.25, 0.3) is 0 Å². The third-order valence-electron chi connectivity index (χ3n) is 3.34. The molecule has 1 aromatic rings. The zero-order valence-electron chi connectivity index (χ0n) is 11.8. The Kier molecular flexibility index (Phi) is 4.57. The zero-order valence-corrected chi connectivity index (χ0v) is 11.8. The van der Waals surface area contributed by atoms with Gasteiger partial charge in [-0.1, -0.05) is 12.1 Å². The summed E-state index contributed by atoms with van der Waals surface area (Å²) >= 11 is 0. The molecule has 0 heterocycles. The number of carboxylic acids is 1. The quantitative estimate of drug-likeness (QED) is 0.787. The molecular weight excluding hydrogens is 272 g/mol. The van der Waals surface area contributed by atoms with Crippen LogP contribution in [-0.4, -0.2) is 40.4 Å². The number of rotatable bonds is 6. The number of Topliss-reactive ketones (excluding diaryl/α,β-unsaturated/α-hetero) is 1. The highest BCUT2D eigenvalue weighted by Crippen LogP contribution is 2.27. The molecule has 0 radical (unpaired) electrons. The van der Waals surface area contributed by atoms with Gasteiger partial charge in [0.25, 0.3) is 0 Å². The van der Waals surface area contributed by atoms with Gasteiger partial charge in [-0.3, -0.25) is 9.59 Å². The van der Waals surface area contributed by atoms with Gasteiger partial charge in [0.1, 0.15) is 0 Å². The molecule has 2 N–H and O–H groups in total. The fourth-order valence-corrected chi connectivity index (χ4v) is 2.06. The van der Waals surface area contributed by atoms with Crippen molar-refractivity contribution in [1.82, 2.24) is 4.90 Å². The van der Waals surface area contributed by atoms with Gasteiger partial charge in [0, 0.05) is 23.8 Å². The van der Waals surface area contributed by atoms with Crippen molar-refractivity contribution in [3.05, 3.63) is 29.8 Å². The van der Waals surface area contributed by atoms with Crippen molar-refractivity contribution in [1.29, 1.82) is 0 Å². The van der Waals surface area contributed by atoms with E-state index in [1.54, 1.807) is 29.2 Å². The molecular formula is C15H18N2O4. The molecule has 6 heteroatoms. The second kappa shape index (κ2) is 6.39. The molecule has 0 aliphatic heterocycles. The number of benzene rings is 1. The van der Waals surface area contributed by atoms with Crippen molar-refractivity contribution >= 4 is 23.5 Å². The minimum Gasteiger partial charge on any atom is -0.481 e. The summed E-state index contributed by atoms with van der Waals surface area (Å²) in [5.41, 5.74) is 1.06. The Balaban J connectivity index is 2.02. The normalized spacial score (nSPS) is 13.6. The summed E-state index contributed by atoms with van der Waals surface area (Å²) in [4.78, 5) is 35.8. The average molecular weight is 290 g/mol. The first-order chi connectivity index (χ1) is 9.97. The SMILES string of the molecule is CC(=O)c1cccc(NC(=O)N(CCC(=O)O)C2CC2)c1. The standard InChI is InChI=1S/C15H18N2O4/c1-10(18)11-3-2-4-12(9-11)16-15(21)17(13-5-6-13)8-7-14(19)20/h2-4,9,13H,5-8H2,1H3,(H,16,21)(H,19,20). The number of nitrogens with one attached hydrogen (secondary N) is 1. The van der Waals surface area contributed by atoms with Crippen LogP contribution in [0, 0.1) is 0 Å². The van der Waals surface area contributed by atoms with Crippen molar-refractivity contribution in [2.45, 2.75) is 32.2 Å². The summed E-state index contributed by atoms with van der Waals surface area (Å²) in [7, 11) is 0. The van der Waals surface area contributed by atoms with E-state index in [9.17, 15) is 14.4 Å². The van der Waals surface area contributed by atoms with E-state index in [4.69, 9.17) is 5.11 Å². The zero-order chi connectivity index (χ0) is 15.4. The van der Waals surface area contributed by atoms with Crippen molar-refractivity contribution in [2.75, 3.05) is 11.9 Å². The maximum Gasteiger partial charge on any atom is 0.322 e. The van der Waals surface area contributed by atoms with E-state index >= 15 is 0 Å². The number of hydrogen-bond donors (Lipinski definition) is 2. The summed E-state index contributed by atoms with van der Waals surface area (Å²) in [6, 6.07) is 6.50. The predicted molar refractivity (Wildman–Crippen MR) is 77.4 cm³/mol. The molecule has 2 amide bonds. The van der Waals surface area contributed by atoms with E-state index in [0.29, 0.717) is 11.3 Å². The lowest BCUT2D eigenvalue weighted by Crippen LogP contribution is -2.38. The van der Waals surface area contributed by atoms with Gasteiger partial charge in [-0.15, -0.1) is 0 Å². The van der Waals surface area contributed by atoms with E-state index in [2.05, 4.69) is 5.32 Å². The second-order valence-electron chi connectivity index (χ2n) is 5.14. The number of anilines is 1. The van der Waals surface area contributed by atoms with Crippen molar-refractivity contribution in [2.24, 2.45) is 0 Å². The fraction of sp³-hybridized carbons (Fsp3) is 0.400. The Morgan fingerprint density at radius 2 is 2.05 bits per heavy atom. The number of carbonyl (C=O) groups excluding carboxylic acids is 2. The number of aliphatic carboxylic acids is 1. The van der Waals surface area contributed by atoms with Crippen molar-refractivity contribution in [3.8, 4) is 0 Å². The van der Waals surface area contributed by atoms with Gasteiger partial charge >= 0.3 is 12.0 Å². The van der Waals surface area contributed by atoms with Gasteiger partial charge in [-0.2, -0.15) is 0 Å². The van der Waals surface area contributed by atoms with Crippen LogP contribution in [0.4, 0.5) is 10.5 Å². The molecule has 0 aromatic heterocycles. The lowest BCUT2D eigenvalue weighted by atomic mass is 10.1. The maximum absolute atomic E-state index is 12.2. The minimum absolute atomic E-state index is 0.0720. The first-order valence-electron chi connectivity index (χ1n) is 6.88. The molecule has 1 aliphatic rings. The van der Waals surface area contributed by atoms with Gasteiger partial charge < -0.3 is 15.3 Å². The molecule has 1 aromatic carbocycles. The lowest BCUT2D eigenvalue weighted by Gasteiger charge is -2.22. The molecule has 0 spiro atoms. The maximum atomic E-state index is 12.2. The van der Waals surface area contributed by atoms with Gasteiger partial charge in [-0.25, -0.2) is 4.79 Å². The number of carboxylic acid groups (broad SMARTS) is 1. The molecule has 21 heavy (non-hydrogen) atoms. The summed E-state index contributed by atoms with van der Waals surface area (Å²) in [5, 5.41) is 11.5. The molecule has 0 saturated heterocycles. The molecule has 0 bridgehead atoms. The van der Waals surface area contributed by atoms with E-state index in [1.807, 2.05) is 0 Å². The van der Waals surface area contributed by atoms with Crippen LogP contribution in [0.3, 0.4) is 0 Å². The Morgan fingerprint density at radius 3 is 2.62 bits per heavy atom. The third-order valence-corrected chi connectivity index (χ3v) is 3.34. The average Bonchev–Trinajstić information content (AvgIpc) is 3.23. The topological polar surface area (TPSA) is 86.7 Å². The van der Waals surface area contributed by atoms with Crippen molar-refractivity contribution in [3.63, 3.8) is 0 Å². The van der Waals surface area contributed by atoms with Crippen LogP contribution >= 0.6 is 0 Å². The van der Waals surface area contributed by atoms with E-state index in [0.717, 1.165) is 12.8 Å². The second-order valence-corrected chi connectivity index (χ2v) is 5.14. The van der Waals surface area contributed by atoms with Crippen LogP contribution in [0.1, 0.15) is 36.5 Å². The number of urea groups is 1. The lowest BCUT2D eigenvalue weighted by molar-refractivity contribution is -0.137. The Morgan fingerprint density at radius 1 is 1.33 bits per heavy atom. The van der Waals surface area contributed by atoms with E-state index in [-0.39, 0.29) is 30.8 Å². The summed E-state index contributed by atoms with van der Waals surface area (Å²) in [6.07, 6.45) is 1.73. The summed E-state index contributed by atoms with van der Waals surface area (Å²) < 4.78 is 0. The number of carbonyl (C=O) groups is 3. The molecule has 0 unspecified atom stereocenters. The number of amides is 2. The highest BCUT2D eigenvalue weighted by molar-refractivity contribution is 5.96. The molecule has 1 fully saturated rings. The first-order valence-corrected chi connectivity index (χ1v) is 6.88. The molecule has 112 valence electrons. The predicted octanol–water partition coefficient (Wildman–Crippen LogP) is 2.36. The third kappa shape index (κ3) is 4.30. The Labute approximate surface area is 122 Å². The summed E-state index contributed by atoms with van der Waals surface area (Å²) in [5.74, 6) is -0.997. The molecule has 1 aliphatic carbocycles. The van der Waals surface area contributed by atoms with Crippen LogP contribution in [0.5, 0.6) is 0 Å². The number of hydrogen-bond acceptors (Lipinski definition) is 3. The Hall–Kier alpha value is -2.37. The number of nitrogens with zero attached hydrogens (tertiary/aromatic N) is 1. The van der Waals surface area contributed by atoms with E-state index in [1.165, 1.54) is 6.92 Å². The smallest absolute Gasteiger partial charge is 0.322 e. The number of ketones is 1. The minimum atomic E-state index is -0.924. The largest absolute Gasteiger partial charge is 0.481 e. The highest BCUT2D eigenvalue weighted by Gasteiger charge is 2.32. The van der Waals surface area contributed by atoms with Gasteiger partial charge in [-0.05, 0) is 31.9 Å². The molecule has 1 saturated carbocycles. The van der Waals surface area contributed by atoms with Crippen molar-refractivity contribution < 1.29 is 19.5 Å². The van der Waals surface area contributed by atoms with Gasteiger partial charge in [0.05, 0.1) is 6.42 Å². The van der Waals surface area contributed by atoms with Gasteiger partial charge in [0.15, 0.2) is 5.78 Å².